The van der Waals surface area contributed by atoms with Crippen LogP contribution in [0.4, 0.5) is 5.69 Å². The Labute approximate surface area is 203 Å². The molecule has 0 aliphatic carbocycles. The average molecular weight is 528 g/mol. The number of nitrogens with zero attached hydrogens (tertiary/aromatic N) is 1. The van der Waals surface area contributed by atoms with E-state index in [0.717, 1.165) is 36.9 Å². The number of anilines is 1. The zero-order valence-electron chi connectivity index (χ0n) is 18.1. The van der Waals surface area contributed by atoms with Gasteiger partial charge in [0.25, 0.3) is 15.9 Å². The van der Waals surface area contributed by atoms with Crippen molar-refractivity contribution in [3.63, 3.8) is 0 Å². The highest BCUT2D eigenvalue weighted by Gasteiger charge is 2.23. The van der Waals surface area contributed by atoms with Crippen LogP contribution < -0.4 is 10.0 Å². The first-order valence-electron chi connectivity index (χ1n) is 10.9. The number of likely N-dealkylation sites (tertiary alicyclic amines) is 1. The number of amides is 1. The number of sulfonamides is 1. The summed E-state index contributed by atoms with van der Waals surface area (Å²) in [5.41, 5.74) is 1.86. The van der Waals surface area contributed by atoms with Crippen LogP contribution in [0.15, 0.2) is 88.2 Å². The second kappa shape index (κ2) is 10.5. The SMILES string of the molecule is O=C(NC1CCN(Cc2ccccc2)CC1)c1ccccc1NS(=O)(=O)c1ccc(Br)cc1. The van der Waals surface area contributed by atoms with Gasteiger partial charge in [-0.3, -0.25) is 14.4 Å². The van der Waals surface area contributed by atoms with Gasteiger partial charge < -0.3 is 5.32 Å². The number of halogens is 1. The molecule has 1 aliphatic rings. The fourth-order valence-electron chi connectivity index (χ4n) is 3.93. The molecule has 0 aromatic heterocycles. The van der Waals surface area contributed by atoms with Crippen LogP contribution in [-0.2, 0) is 16.6 Å². The predicted octanol–water partition coefficient (Wildman–Crippen LogP) is 4.64. The van der Waals surface area contributed by atoms with E-state index in [9.17, 15) is 13.2 Å². The number of carbonyl (C=O) groups is 1. The molecule has 1 fully saturated rings. The molecule has 3 aromatic carbocycles. The molecule has 3 aromatic rings. The van der Waals surface area contributed by atoms with E-state index in [0.29, 0.717) is 5.56 Å². The highest BCUT2D eigenvalue weighted by molar-refractivity contribution is 9.10. The third-order valence-corrected chi connectivity index (χ3v) is 7.62. The first kappa shape index (κ1) is 23.5. The van der Waals surface area contributed by atoms with E-state index in [2.05, 4.69) is 43.0 Å². The monoisotopic (exact) mass is 527 g/mol. The van der Waals surface area contributed by atoms with Crippen molar-refractivity contribution in [3.05, 3.63) is 94.5 Å². The molecule has 0 bridgehead atoms. The van der Waals surface area contributed by atoms with Crippen LogP contribution in [0.3, 0.4) is 0 Å². The molecule has 6 nitrogen and oxygen atoms in total. The van der Waals surface area contributed by atoms with Gasteiger partial charge >= 0.3 is 0 Å². The number of piperidine rings is 1. The first-order chi connectivity index (χ1) is 15.9. The van der Waals surface area contributed by atoms with E-state index in [4.69, 9.17) is 0 Å². The lowest BCUT2D eigenvalue weighted by Gasteiger charge is -2.32. The standard InChI is InChI=1S/C25H26BrN3O3S/c26-20-10-12-22(13-11-20)33(31,32)28-24-9-5-4-8-23(24)25(30)27-21-14-16-29(17-15-21)18-19-6-2-1-3-7-19/h1-13,21,28H,14-18H2,(H,27,30). The summed E-state index contributed by atoms with van der Waals surface area (Å²) in [5, 5.41) is 3.09. The van der Waals surface area contributed by atoms with Gasteiger partial charge in [0.05, 0.1) is 16.1 Å². The molecule has 8 heteroatoms. The van der Waals surface area contributed by atoms with E-state index in [-0.39, 0.29) is 22.5 Å². The van der Waals surface area contributed by atoms with Gasteiger partial charge in [-0.15, -0.1) is 0 Å². The fraction of sp³-hybridized carbons (Fsp3) is 0.240. The molecule has 1 aliphatic heterocycles. The number of nitrogens with one attached hydrogen (secondary N) is 2. The van der Waals surface area contributed by atoms with Crippen LogP contribution in [0.5, 0.6) is 0 Å². The molecule has 0 unspecified atom stereocenters. The van der Waals surface area contributed by atoms with Crippen molar-refractivity contribution >= 4 is 37.5 Å². The number of rotatable bonds is 7. The second-order valence-electron chi connectivity index (χ2n) is 8.11. The largest absolute Gasteiger partial charge is 0.349 e. The zero-order valence-corrected chi connectivity index (χ0v) is 20.5. The van der Waals surface area contributed by atoms with Crippen molar-refractivity contribution in [2.75, 3.05) is 17.8 Å². The molecule has 0 radical (unpaired) electrons. The summed E-state index contributed by atoms with van der Waals surface area (Å²) in [4.78, 5) is 15.5. The lowest BCUT2D eigenvalue weighted by atomic mass is 10.0. The molecule has 1 heterocycles. The Morgan fingerprint density at radius 3 is 2.24 bits per heavy atom. The van der Waals surface area contributed by atoms with Gasteiger partial charge in [-0.1, -0.05) is 58.4 Å². The lowest BCUT2D eigenvalue weighted by molar-refractivity contribution is 0.0910. The van der Waals surface area contributed by atoms with Crippen LogP contribution in [-0.4, -0.2) is 38.4 Å². The van der Waals surface area contributed by atoms with Gasteiger partial charge in [-0.05, 0) is 54.8 Å². The molecule has 33 heavy (non-hydrogen) atoms. The quantitative estimate of drug-likeness (QED) is 0.468. The normalized spacial score (nSPS) is 15.2. The fourth-order valence-corrected chi connectivity index (χ4v) is 5.27. The lowest BCUT2D eigenvalue weighted by Crippen LogP contribution is -2.44. The van der Waals surface area contributed by atoms with Crippen molar-refractivity contribution in [1.82, 2.24) is 10.2 Å². The maximum absolute atomic E-state index is 13.0. The van der Waals surface area contributed by atoms with Gasteiger partial charge in [0.1, 0.15) is 0 Å². The van der Waals surface area contributed by atoms with Crippen LogP contribution in [0, 0.1) is 0 Å². The minimum absolute atomic E-state index is 0.0562. The summed E-state index contributed by atoms with van der Waals surface area (Å²) >= 11 is 3.31. The third-order valence-electron chi connectivity index (χ3n) is 5.71. The topological polar surface area (TPSA) is 78.5 Å². The van der Waals surface area contributed by atoms with Gasteiger partial charge in [0, 0.05) is 30.1 Å². The van der Waals surface area contributed by atoms with E-state index in [1.54, 1.807) is 36.4 Å². The summed E-state index contributed by atoms with van der Waals surface area (Å²) in [6.07, 6.45) is 1.71. The minimum atomic E-state index is -3.81. The number of hydrogen-bond donors (Lipinski definition) is 2. The Kier molecular flexibility index (Phi) is 7.47. The van der Waals surface area contributed by atoms with Crippen LogP contribution in [0.25, 0.3) is 0 Å². The minimum Gasteiger partial charge on any atom is -0.349 e. The number of hydrogen-bond acceptors (Lipinski definition) is 4. The maximum atomic E-state index is 13.0. The van der Waals surface area contributed by atoms with Crippen LogP contribution in [0.1, 0.15) is 28.8 Å². The highest BCUT2D eigenvalue weighted by Crippen LogP contribution is 2.22. The molecule has 1 amide bonds. The highest BCUT2D eigenvalue weighted by atomic mass is 79.9. The smallest absolute Gasteiger partial charge is 0.261 e. The number of para-hydroxylation sites is 1. The third kappa shape index (κ3) is 6.22. The number of carbonyl (C=O) groups excluding carboxylic acids is 1. The van der Waals surface area contributed by atoms with Gasteiger partial charge in [0.15, 0.2) is 0 Å². The van der Waals surface area contributed by atoms with Crippen molar-refractivity contribution in [2.45, 2.75) is 30.3 Å². The summed E-state index contributed by atoms with van der Waals surface area (Å²) in [5.74, 6) is -0.273. The Bertz CT molecular complexity index is 1190. The molecule has 1 saturated heterocycles. The molecule has 172 valence electrons. The van der Waals surface area contributed by atoms with E-state index in [1.165, 1.54) is 17.7 Å². The van der Waals surface area contributed by atoms with Crippen LogP contribution >= 0.6 is 15.9 Å². The Morgan fingerprint density at radius 2 is 1.55 bits per heavy atom. The molecule has 2 N–H and O–H groups in total. The molecule has 0 saturated carbocycles. The Balaban J connectivity index is 1.38. The van der Waals surface area contributed by atoms with E-state index < -0.39 is 10.0 Å². The van der Waals surface area contributed by atoms with Gasteiger partial charge in [-0.2, -0.15) is 0 Å². The molecule has 4 rings (SSSR count). The van der Waals surface area contributed by atoms with E-state index >= 15 is 0 Å². The number of benzene rings is 3. The van der Waals surface area contributed by atoms with Crippen molar-refractivity contribution in [1.29, 1.82) is 0 Å². The molecular weight excluding hydrogens is 502 g/mol. The first-order valence-corrected chi connectivity index (χ1v) is 13.1. The maximum Gasteiger partial charge on any atom is 0.261 e. The van der Waals surface area contributed by atoms with Gasteiger partial charge in [-0.25, -0.2) is 8.42 Å². The van der Waals surface area contributed by atoms with Crippen LogP contribution in [0.2, 0.25) is 0 Å². The molecule has 0 spiro atoms. The summed E-state index contributed by atoms with van der Waals surface area (Å²) < 4.78 is 29.0. The second-order valence-corrected chi connectivity index (χ2v) is 10.7. The summed E-state index contributed by atoms with van der Waals surface area (Å²) in [6.45, 7) is 2.71. The molecular formula is C25H26BrN3O3S. The van der Waals surface area contributed by atoms with Crippen molar-refractivity contribution < 1.29 is 13.2 Å². The average Bonchev–Trinajstić information content (AvgIpc) is 2.81. The van der Waals surface area contributed by atoms with Crippen molar-refractivity contribution in [2.24, 2.45) is 0 Å². The Hall–Kier alpha value is -2.68. The molecule has 0 atom stereocenters. The predicted molar refractivity (Wildman–Crippen MR) is 134 cm³/mol. The summed E-state index contributed by atoms with van der Waals surface area (Å²) in [7, 11) is -3.81. The zero-order chi connectivity index (χ0) is 23.3. The van der Waals surface area contributed by atoms with E-state index in [1.807, 2.05) is 18.2 Å². The summed E-state index contributed by atoms with van der Waals surface area (Å²) in [6, 6.07) is 23.4. The van der Waals surface area contributed by atoms with Crippen molar-refractivity contribution in [3.8, 4) is 0 Å². The van der Waals surface area contributed by atoms with Gasteiger partial charge in [0.2, 0.25) is 0 Å². The Morgan fingerprint density at radius 1 is 0.909 bits per heavy atom.